The van der Waals surface area contributed by atoms with E-state index in [9.17, 15) is 14.4 Å². The summed E-state index contributed by atoms with van der Waals surface area (Å²) in [6.45, 7) is 2.14. The number of fused-ring (bicyclic) bond motifs is 1. The number of aromatic nitrogens is 2. The van der Waals surface area contributed by atoms with Crippen molar-refractivity contribution in [3.63, 3.8) is 0 Å². The number of imide groups is 1. The average molecular weight is 260 g/mol. The number of piperidine rings is 1. The van der Waals surface area contributed by atoms with E-state index in [4.69, 9.17) is 0 Å². The molecule has 1 unspecified atom stereocenters. The summed E-state index contributed by atoms with van der Waals surface area (Å²) in [5.74, 6) is -1.000. The lowest BCUT2D eigenvalue weighted by molar-refractivity contribution is -0.136. The van der Waals surface area contributed by atoms with Gasteiger partial charge in [-0.3, -0.25) is 19.7 Å². The lowest BCUT2D eigenvalue weighted by Crippen LogP contribution is -2.52. The molecule has 0 radical (unpaired) electrons. The van der Waals surface area contributed by atoms with Crippen LogP contribution < -0.4 is 5.32 Å². The fourth-order valence-corrected chi connectivity index (χ4v) is 2.47. The first-order valence-corrected chi connectivity index (χ1v) is 6.04. The van der Waals surface area contributed by atoms with E-state index < -0.39 is 11.9 Å². The lowest BCUT2D eigenvalue weighted by atomic mass is 10.0. The molecule has 0 saturated carbocycles. The smallest absolute Gasteiger partial charge is 0.275 e. The monoisotopic (exact) mass is 260 g/mol. The van der Waals surface area contributed by atoms with Gasteiger partial charge in [-0.25, -0.2) is 0 Å². The van der Waals surface area contributed by atoms with Crippen LogP contribution in [0.25, 0.3) is 0 Å². The van der Waals surface area contributed by atoms with Crippen LogP contribution in [0.5, 0.6) is 0 Å². The van der Waals surface area contributed by atoms with Gasteiger partial charge in [0.15, 0.2) is 5.69 Å². The Labute approximate surface area is 109 Å². The zero-order valence-electron chi connectivity index (χ0n) is 10.3. The summed E-state index contributed by atoms with van der Waals surface area (Å²) in [7, 11) is 0. The van der Waals surface area contributed by atoms with E-state index in [0.29, 0.717) is 18.7 Å². The minimum atomic E-state index is -0.597. The first kappa shape index (κ1) is 11.8. The quantitative estimate of drug-likeness (QED) is 0.690. The molecule has 0 bridgehead atoms. The van der Waals surface area contributed by atoms with Crippen molar-refractivity contribution in [2.45, 2.75) is 32.4 Å². The van der Waals surface area contributed by atoms with Crippen LogP contribution in [0.2, 0.25) is 0 Å². The third kappa shape index (κ3) is 1.87. The summed E-state index contributed by atoms with van der Waals surface area (Å²) < 4.78 is 0. The lowest BCUT2D eigenvalue weighted by Gasteiger charge is -2.29. The number of hydrogen-bond donors (Lipinski definition) is 1. The molecule has 1 N–H and O–H groups in total. The molecule has 1 atom stereocenters. The summed E-state index contributed by atoms with van der Waals surface area (Å²) >= 11 is 0. The van der Waals surface area contributed by atoms with E-state index in [2.05, 4.69) is 15.5 Å². The summed E-state index contributed by atoms with van der Waals surface area (Å²) in [5, 5.41) is 10.0. The second kappa shape index (κ2) is 4.11. The molecule has 98 valence electrons. The third-order valence-electron chi connectivity index (χ3n) is 3.39. The molecular formula is C12H12N4O3. The predicted molar refractivity (Wildman–Crippen MR) is 62.8 cm³/mol. The largest absolute Gasteiger partial charge is 0.321 e. The number of amides is 3. The van der Waals surface area contributed by atoms with Crippen LogP contribution >= 0.6 is 0 Å². The zero-order valence-corrected chi connectivity index (χ0v) is 10.3. The van der Waals surface area contributed by atoms with Crippen molar-refractivity contribution in [3.8, 4) is 0 Å². The highest BCUT2D eigenvalue weighted by Gasteiger charge is 2.40. The SMILES string of the molecule is Cc1cc2c(nn1)C(=O)N(C1CCC(=O)NC1=O)C2. The molecule has 7 heteroatoms. The van der Waals surface area contributed by atoms with Crippen molar-refractivity contribution in [1.82, 2.24) is 20.4 Å². The van der Waals surface area contributed by atoms with Gasteiger partial charge < -0.3 is 4.90 Å². The molecule has 3 amide bonds. The summed E-state index contributed by atoms with van der Waals surface area (Å²) in [6, 6.07) is 1.20. The van der Waals surface area contributed by atoms with Crippen molar-refractivity contribution < 1.29 is 14.4 Å². The van der Waals surface area contributed by atoms with Crippen LogP contribution in [-0.4, -0.2) is 38.9 Å². The minimum absolute atomic E-state index is 0.251. The third-order valence-corrected chi connectivity index (χ3v) is 3.39. The van der Waals surface area contributed by atoms with E-state index in [-0.39, 0.29) is 18.2 Å². The highest BCUT2D eigenvalue weighted by Crippen LogP contribution is 2.25. The molecule has 3 rings (SSSR count). The van der Waals surface area contributed by atoms with Gasteiger partial charge in [0.2, 0.25) is 11.8 Å². The van der Waals surface area contributed by atoms with Gasteiger partial charge in [0.1, 0.15) is 6.04 Å². The predicted octanol–water partition coefficient (Wildman–Crippen LogP) is -0.454. The molecule has 2 aliphatic rings. The van der Waals surface area contributed by atoms with Crippen molar-refractivity contribution in [1.29, 1.82) is 0 Å². The fraction of sp³-hybridized carbons (Fsp3) is 0.417. The standard InChI is InChI=1S/C12H12N4O3/c1-6-4-7-5-16(12(19)10(7)15-14-6)8-2-3-9(17)13-11(8)18/h4,8H,2-3,5H2,1H3,(H,13,17,18). The number of nitrogens with zero attached hydrogens (tertiary/aromatic N) is 3. The van der Waals surface area contributed by atoms with Gasteiger partial charge in [-0.05, 0) is 19.4 Å². The van der Waals surface area contributed by atoms with Crippen LogP contribution in [0, 0.1) is 6.92 Å². The second-order valence-corrected chi connectivity index (χ2v) is 4.76. The maximum atomic E-state index is 12.2. The van der Waals surface area contributed by atoms with Crippen LogP contribution in [0.4, 0.5) is 0 Å². The second-order valence-electron chi connectivity index (χ2n) is 4.76. The van der Waals surface area contributed by atoms with Gasteiger partial charge in [-0.2, -0.15) is 5.10 Å². The number of hydrogen-bond acceptors (Lipinski definition) is 5. The van der Waals surface area contributed by atoms with Crippen molar-refractivity contribution in [3.05, 3.63) is 23.0 Å². The molecule has 1 aromatic heterocycles. The van der Waals surface area contributed by atoms with E-state index in [0.717, 1.165) is 11.3 Å². The van der Waals surface area contributed by atoms with Gasteiger partial charge in [-0.1, -0.05) is 0 Å². The molecule has 0 aromatic carbocycles. The zero-order chi connectivity index (χ0) is 13.6. The first-order chi connectivity index (χ1) is 9.06. The molecule has 0 spiro atoms. The molecule has 1 saturated heterocycles. The van der Waals surface area contributed by atoms with Crippen LogP contribution in [0.3, 0.4) is 0 Å². The van der Waals surface area contributed by atoms with Gasteiger partial charge in [0.25, 0.3) is 5.91 Å². The Morgan fingerprint density at radius 1 is 1.32 bits per heavy atom. The molecule has 0 aliphatic carbocycles. The molecular weight excluding hydrogens is 248 g/mol. The first-order valence-electron chi connectivity index (χ1n) is 6.04. The van der Waals surface area contributed by atoms with E-state index in [1.807, 2.05) is 0 Å². The topological polar surface area (TPSA) is 92.3 Å². The number of nitrogens with one attached hydrogen (secondary N) is 1. The minimum Gasteiger partial charge on any atom is -0.321 e. The highest BCUT2D eigenvalue weighted by molar-refractivity contribution is 6.04. The molecule has 3 heterocycles. The number of rotatable bonds is 1. The average Bonchev–Trinajstić information content (AvgIpc) is 2.66. The Balaban J connectivity index is 1.87. The number of carbonyl (C=O) groups is 3. The Kier molecular flexibility index (Phi) is 2.55. The fourth-order valence-electron chi connectivity index (χ4n) is 2.47. The van der Waals surface area contributed by atoms with E-state index in [1.165, 1.54) is 4.90 Å². The van der Waals surface area contributed by atoms with Gasteiger partial charge in [0.05, 0.1) is 5.69 Å². The summed E-state index contributed by atoms with van der Waals surface area (Å²) in [4.78, 5) is 36.6. The Morgan fingerprint density at radius 3 is 2.84 bits per heavy atom. The van der Waals surface area contributed by atoms with Gasteiger partial charge >= 0.3 is 0 Å². The Morgan fingerprint density at radius 2 is 2.11 bits per heavy atom. The Bertz CT molecular complexity index is 599. The number of carbonyl (C=O) groups excluding carboxylic acids is 3. The molecule has 1 aromatic rings. The van der Waals surface area contributed by atoms with E-state index in [1.54, 1.807) is 13.0 Å². The molecule has 19 heavy (non-hydrogen) atoms. The van der Waals surface area contributed by atoms with Crippen LogP contribution in [0.15, 0.2) is 6.07 Å². The van der Waals surface area contributed by atoms with Crippen molar-refractivity contribution in [2.24, 2.45) is 0 Å². The van der Waals surface area contributed by atoms with Crippen molar-refractivity contribution >= 4 is 17.7 Å². The summed E-state index contributed by atoms with van der Waals surface area (Å²) in [5.41, 5.74) is 1.81. The highest BCUT2D eigenvalue weighted by atomic mass is 16.2. The van der Waals surface area contributed by atoms with Crippen molar-refractivity contribution in [2.75, 3.05) is 0 Å². The maximum absolute atomic E-state index is 12.2. The van der Waals surface area contributed by atoms with Crippen LogP contribution in [-0.2, 0) is 16.1 Å². The molecule has 1 fully saturated rings. The maximum Gasteiger partial charge on any atom is 0.275 e. The Hall–Kier alpha value is -2.31. The van der Waals surface area contributed by atoms with Gasteiger partial charge in [-0.15, -0.1) is 5.10 Å². The van der Waals surface area contributed by atoms with E-state index >= 15 is 0 Å². The molecule has 2 aliphatic heterocycles. The van der Waals surface area contributed by atoms with Crippen LogP contribution in [0.1, 0.15) is 34.6 Å². The normalized spacial score (nSPS) is 22.5. The molecule has 7 nitrogen and oxygen atoms in total. The number of aryl methyl sites for hydroxylation is 1. The van der Waals surface area contributed by atoms with Gasteiger partial charge in [0, 0.05) is 18.5 Å². The summed E-state index contributed by atoms with van der Waals surface area (Å²) in [6.07, 6.45) is 0.609.